The Morgan fingerprint density at radius 2 is 1.90 bits per heavy atom. The number of hydrogen-bond donors (Lipinski definition) is 2. The van der Waals surface area contributed by atoms with Crippen LogP contribution in [0.5, 0.6) is 0 Å². The second kappa shape index (κ2) is 7.64. The highest BCUT2D eigenvalue weighted by Gasteiger charge is 2.35. The van der Waals surface area contributed by atoms with Crippen LogP contribution in [0.3, 0.4) is 0 Å². The maximum absolute atomic E-state index is 11.9. The monoisotopic (exact) mass is 298 g/mol. The quantitative estimate of drug-likeness (QED) is 0.828. The van der Waals surface area contributed by atoms with Crippen LogP contribution in [-0.4, -0.2) is 53.8 Å². The van der Waals surface area contributed by atoms with Crippen molar-refractivity contribution in [1.29, 1.82) is 0 Å². The number of aliphatic carboxylic acids is 1. The van der Waals surface area contributed by atoms with Gasteiger partial charge in [-0.3, -0.25) is 4.79 Å². The van der Waals surface area contributed by atoms with Crippen molar-refractivity contribution in [2.24, 2.45) is 5.92 Å². The van der Waals surface area contributed by atoms with Gasteiger partial charge in [-0.2, -0.15) is 0 Å². The van der Waals surface area contributed by atoms with Gasteiger partial charge in [0.1, 0.15) is 0 Å². The van der Waals surface area contributed by atoms with E-state index in [0.29, 0.717) is 25.6 Å². The molecule has 21 heavy (non-hydrogen) atoms. The van der Waals surface area contributed by atoms with Crippen molar-refractivity contribution in [3.63, 3.8) is 0 Å². The van der Waals surface area contributed by atoms with E-state index in [-0.39, 0.29) is 12.6 Å². The lowest BCUT2D eigenvalue weighted by atomic mass is 9.91. The largest absolute Gasteiger partial charge is 0.481 e. The van der Waals surface area contributed by atoms with E-state index in [1.165, 1.54) is 24.2 Å². The van der Waals surface area contributed by atoms with Gasteiger partial charge in [0.15, 0.2) is 0 Å². The molecule has 1 aliphatic carbocycles. The van der Waals surface area contributed by atoms with Crippen molar-refractivity contribution in [2.75, 3.05) is 19.7 Å². The number of rotatable bonds is 4. The minimum absolute atomic E-state index is 0.0485. The van der Waals surface area contributed by atoms with E-state index in [1.807, 2.05) is 0 Å². The number of carboxylic acid groups (broad SMARTS) is 1. The highest BCUT2D eigenvalue weighted by molar-refractivity contribution is 5.73. The molecule has 1 heterocycles. The van der Waals surface area contributed by atoms with Crippen molar-refractivity contribution in [2.45, 2.75) is 57.5 Å². The highest BCUT2D eigenvalue weighted by Crippen LogP contribution is 2.22. The Balaban J connectivity index is 1.95. The first kappa shape index (κ1) is 16.1. The molecule has 0 spiro atoms. The summed E-state index contributed by atoms with van der Waals surface area (Å²) >= 11 is 0. The Morgan fingerprint density at radius 3 is 2.52 bits per heavy atom. The number of amides is 1. The average Bonchev–Trinajstić information content (AvgIpc) is 2.48. The van der Waals surface area contributed by atoms with Crippen LogP contribution in [0.2, 0.25) is 0 Å². The summed E-state index contributed by atoms with van der Waals surface area (Å²) in [6.07, 6.45) is 6.22. The van der Waals surface area contributed by atoms with E-state index < -0.39 is 18.0 Å². The van der Waals surface area contributed by atoms with E-state index in [0.717, 1.165) is 12.8 Å². The van der Waals surface area contributed by atoms with E-state index in [9.17, 15) is 14.7 Å². The molecule has 1 saturated carbocycles. The van der Waals surface area contributed by atoms with Crippen LogP contribution in [0.4, 0.5) is 4.79 Å². The lowest BCUT2D eigenvalue weighted by molar-refractivity contribution is -0.143. The molecule has 6 heteroatoms. The molecule has 1 aliphatic heterocycles. The second-order valence-electron chi connectivity index (χ2n) is 6.07. The number of likely N-dealkylation sites (tertiary alicyclic amines) is 1. The van der Waals surface area contributed by atoms with Crippen molar-refractivity contribution in [1.82, 2.24) is 10.2 Å². The zero-order chi connectivity index (χ0) is 15.2. The summed E-state index contributed by atoms with van der Waals surface area (Å²) in [5.41, 5.74) is 0. The third-order valence-electron chi connectivity index (χ3n) is 4.40. The zero-order valence-corrected chi connectivity index (χ0v) is 12.7. The fourth-order valence-corrected chi connectivity index (χ4v) is 3.37. The van der Waals surface area contributed by atoms with E-state index in [2.05, 4.69) is 5.32 Å². The number of carboxylic acids is 1. The van der Waals surface area contributed by atoms with Gasteiger partial charge in [0.2, 0.25) is 0 Å². The van der Waals surface area contributed by atoms with Crippen LogP contribution >= 0.6 is 0 Å². The molecule has 0 radical (unpaired) electrons. The molecule has 2 N–H and O–H groups in total. The zero-order valence-electron chi connectivity index (χ0n) is 12.7. The molecular formula is C15H26N2O4. The van der Waals surface area contributed by atoms with Crippen molar-refractivity contribution < 1.29 is 19.4 Å². The summed E-state index contributed by atoms with van der Waals surface area (Å²) in [5.74, 6) is -1.34. The molecule has 2 rings (SSSR count). The molecule has 120 valence electrons. The minimum atomic E-state index is -0.834. The lowest BCUT2D eigenvalue weighted by Gasteiger charge is -2.38. The Hall–Kier alpha value is -1.30. The van der Waals surface area contributed by atoms with E-state index >= 15 is 0 Å². The molecular weight excluding hydrogens is 272 g/mol. The highest BCUT2D eigenvalue weighted by atomic mass is 16.6. The predicted molar refractivity (Wildman–Crippen MR) is 78.1 cm³/mol. The molecule has 2 atom stereocenters. The van der Waals surface area contributed by atoms with Gasteiger partial charge in [0.25, 0.3) is 0 Å². The van der Waals surface area contributed by atoms with Gasteiger partial charge < -0.3 is 20.1 Å². The molecule has 1 amide bonds. The summed E-state index contributed by atoms with van der Waals surface area (Å²) in [5, 5.41) is 12.8. The first-order valence-corrected chi connectivity index (χ1v) is 8.00. The van der Waals surface area contributed by atoms with Gasteiger partial charge >= 0.3 is 12.1 Å². The van der Waals surface area contributed by atoms with Gasteiger partial charge in [-0.15, -0.1) is 0 Å². The van der Waals surface area contributed by atoms with Gasteiger partial charge in [0, 0.05) is 25.2 Å². The van der Waals surface area contributed by atoms with Gasteiger partial charge in [-0.1, -0.05) is 19.3 Å². The summed E-state index contributed by atoms with van der Waals surface area (Å²) in [4.78, 5) is 24.7. The smallest absolute Gasteiger partial charge is 0.409 e. The molecule has 6 nitrogen and oxygen atoms in total. The SMILES string of the molecule is CCOC(=O)N1CC(NC2CCCCC2)CC(C(=O)O)C1. The van der Waals surface area contributed by atoms with Crippen LogP contribution < -0.4 is 5.32 Å². The molecule has 0 aromatic carbocycles. The maximum atomic E-state index is 11.9. The number of hydrogen-bond acceptors (Lipinski definition) is 4. The van der Waals surface area contributed by atoms with Crippen molar-refractivity contribution in [3.8, 4) is 0 Å². The first-order chi connectivity index (χ1) is 10.1. The fraction of sp³-hybridized carbons (Fsp3) is 0.867. The summed E-state index contributed by atoms with van der Waals surface area (Å²) in [7, 11) is 0. The second-order valence-corrected chi connectivity index (χ2v) is 6.07. The van der Waals surface area contributed by atoms with Gasteiger partial charge in [-0.05, 0) is 26.2 Å². The summed E-state index contributed by atoms with van der Waals surface area (Å²) in [6.45, 7) is 2.86. The van der Waals surface area contributed by atoms with E-state index in [1.54, 1.807) is 6.92 Å². The molecule has 2 aliphatic rings. The Bertz CT molecular complexity index is 369. The average molecular weight is 298 g/mol. The number of piperidine rings is 1. The molecule has 0 aromatic heterocycles. The van der Waals surface area contributed by atoms with Gasteiger partial charge in [0.05, 0.1) is 12.5 Å². The van der Waals surface area contributed by atoms with Crippen LogP contribution in [0.25, 0.3) is 0 Å². The maximum Gasteiger partial charge on any atom is 0.409 e. The van der Waals surface area contributed by atoms with Crippen LogP contribution in [0.15, 0.2) is 0 Å². The summed E-state index contributed by atoms with van der Waals surface area (Å²) in [6, 6.07) is 0.507. The molecule has 2 fully saturated rings. The Labute approximate surface area is 125 Å². The number of nitrogens with zero attached hydrogens (tertiary/aromatic N) is 1. The first-order valence-electron chi connectivity index (χ1n) is 8.00. The van der Waals surface area contributed by atoms with Crippen LogP contribution in [0.1, 0.15) is 45.4 Å². The predicted octanol–water partition coefficient (Wildman–Crippen LogP) is 1.84. The molecule has 0 aromatic rings. The fourth-order valence-electron chi connectivity index (χ4n) is 3.37. The van der Waals surface area contributed by atoms with E-state index in [4.69, 9.17) is 4.74 Å². The van der Waals surface area contributed by atoms with Crippen molar-refractivity contribution >= 4 is 12.1 Å². The molecule has 2 unspecified atom stereocenters. The number of ether oxygens (including phenoxy) is 1. The Morgan fingerprint density at radius 1 is 1.19 bits per heavy atom. The third kappa shape index (κ3) is 4.59. The van der Waals surface area contributed by atoms with Crippen molar-refractivity contribution in [3.05, 3.63) is 0 Å². The topological polar surface area (TPSA) is 78.9 Å². The van der Waals surface area contributed by atoms with Crippen LogP contribution in [0, 0.1) is 5.92 Å². The van der Waals surface area contributed by atoms with Gasteiger partial charge in [-0.25, -0.2) is 4.79 Å². The number of nitrogens with one attached hydrogen (secondary N) is 1. The lowest BCUT2D eigenvalue weighted by Crippen LogP contribution is -2.55. The third-order valence-corrected chi connectivity index (χ3v) is 4.40. The van der Waals surface area contributed by atoms with Crippen LogP contribution in [-0.2, 0) is 9.53 Å². The molecule has 1 saturated heterocycles. The minimum Gasteiger partial charge on any atom is -0.481 e. The normalized spacial score (nSPS) is 27.4. The molecule has 0 bridgehead atoms. The standard InChI is InChI=1S/C15H26N2O4/c1-2-21-15(20)17-9-11(14(18)19)8-13(10-17)16-12-6-4-3-5-7-12/h11-13,16H,2-10H2,1H3,(H,18,19). The number of carbonyl (C=O) groups is 2. The summed E-state index contributed by atoms with van der Waals surface area (Å²) < 4.78 is 5.01. The Kier molecular flexibility index (Phi) is 5.85. The number of carbonyl (C=O) groups excluding carboxylic acids is 1.